The van der Waals surface area contributed by atoms with E-state index in [1.807, 2.05) is 0 Å². The number of hydrogen-bond acceptors (Lipinski definition) is 4. The molecule has 3 atom stereocenters. The van der Waals surface area contributed by atoms with E-state index in [9.17, 15) is 14.7 Å². The topological polar surface area (TPSA) is 75.6 Å². The Morgan fingerprint density at radius 2 is 2.09 bits per heavy atom. The number of benzene rings is 1. The van der Waals surface area contributed by atoms with Crippen LogP contribution >= 0.6 is 11.6 Å². The number of hydrogen-bond donors (Lipinski definition) is 2. The molecule has 1 amide bonds. The van der Waals surface area contributed by atoms with Crippen LogP contribution in [0.25, 0.3) is 0 Å². The number of nitrogens with one attached hydrogen (secondary N) is 1. The zero-order valence-electron chi connectivity index (χ0n) is 13.3. The molecule has 5 nitrogen and oxygen atoms in total. The number of phenolic OH excluding ortho intramolecular Hbond substituents is 1. The second-order valence-corrected chi connectivity index (χ2v) is 6.62. The van der Waals surface area contributed by atoms with E-state index in [1.165, 1.54) is 24.6 Å². The van der Waals surface area contributed by atoms with Crippen molar-refractivity contribution in [2.75, 3.05) is 6.61 Å². The second kappa shape index (κ2) is 7.68. The molecule has 1 fully saturated rings. The van der Waals surface area contributed by atoms with Gasteiger partial charge in [-0.2, -0.15) is 0 Å². The monoisotopic (exact) mass is 339 g/mol. The van der Waals surface area contributed by atoms with Crippen molar-refractivity contribution in [1.82, 2.24) is 5.32 Å². The van der Waals surface area contributed by atoms with Crippen molar-refractivity contribution < 1.29 is 19.4 Å². The molecule has 0 radical (unpaired) electrons. The van der Waals surface area contributed by atoms with Gasteiger partial charge in [0.05, 0.1) is 0 Å². The van der Waals surface area contributed by atoms with Crippen LogP contribution in [0, 0.1) is 11.8 Å². The molecule has 2 N–H and O–H groups in total. The molecule has 0 unspecified atom stereocenters. The van der Waals surface area contributed by atoms with Crippen LogP contribution in [-0.2, 0) is 9.53 Å². The molecule has 1 saturated carbocycles. The Morgan fingerprint density at radius 3 is 2.78 bits per heavy atom. The first-order valence-corrected chi connectivity index (χ1v) is 8.21. The molecular weight excluding hydrogens is 318 g/mol. The summed E-state index contributed by atoms with van der Waals surface area (Å²) in [5.41, 5.74) is -0.0122. The minimum Gasteiger partial charge on any atom is -0.507 e. The summed E-state index contributed by atoms with van der Waals surface area (Å²) in [6, 6.07) is 4.21. The van der Waals surface area contributed by atoms with Gasteiger partial charge < -0.3 is 15.2 Å². The van der Waals surface area contributed by atoms with Crippen LogP contribution in [-0.4, -0.2) is 29.6 Å². The van der Waals surface area contributed by atoms with Crippen molar-refractivity contribution >= 4 is 23.5 Å². The molecular formula is C17H22ClNO4. The van der Waals surface area contributed by atoms with Crippen LogP contribution in [0.4, 0.5) is 0 Å². The first kappa shape index (κ1) is 17.6. The summed E-state index contributed by atoms with van der Waals surface area (Å²) in [7, 11) is 0. The first-order valence-electron chi connectivity index (χ1n) is 7.83. The van der Waals surface area contributed by atoms with Gasteiger partial charge in [0, 0.05) is 11.1 Å². The Bertz CT molecular complexity index is 590. The molecule has 0 heterocycles. The van der Waals surface area contributed by atoms with Gasteiger partial charge >= 0.3 is 5.97 Å². The maximum absolute atomic E-state index is 12.0. The maximum atomic E-state index is 12.0. The second-order valence-electron chi connectivity index (χ2n) is 6.18. The van der Waals surface area contributed by atoms with Crippen molar-refractivity contribution in [3.8, 4) is 5.75 Å². The highest BCUT2D eigenvalue weighted by Crippen LogP contribution is 2.29. The SMILES string of the molecule is C[C@H]1[C@@H](NC(=O)COC(=O)c2ccc(Cl)cc2O)CCC[C@@H]1C. The highest BCUT2D eigenvalue weighted by atomic mass is 35.5. The smallest absolute Gasteiger partial charge is 0.342 e. The largest absolute Gasteiger partial charge is 0.507 e. The van der Waals surface area contributed by atoms with Gasteiger partial charge in [-0.1, -0.05) is 38.3 Å². The van der Waals surface area contributed by atoms with E-state index in [1.54, 1.807) is 0 Å². The lowest BCUT2D eigenvalue weighted by atomic mass is 9.78. The van der Waals surface area contributed by atoms with E-state index in [0.717, 1.165) is 12.8 Å². The summed E-state index contributed by atoms with van der Waals surface area (Å²) in [4.78, 5) is 23.9. The van der Waals surface area contributed by atoms with Gasteiger partial charge in [-0.15, -0.1) is 0 Å². The van der Waals surface area contributed by atoms with Crippen molar-refractivity contribution in [2.45, 2.75) is 39.2 Å². The summed E-state index contributed by atoms with van der Waals surface area (Å²) in [6.45, 7) is 3.96. The number of rotatable bonds is 4. The Morgan fingerprint density at radius 1 is 1.35 bits per heavy atom. The normalized spacial score (nSPS) is 24.0. The van der Waals surface area contributed by atoms with Crippen LogP contribution in [0.15, 0.2) is 18.2 Å². The fourth-order valence-corrected chi connectivity index (χ4v) is 3.09. The standard InChI is InChI=1S/C17H22ClNO4/c1-10-4-3-5-14(11(10)2)19-16(21)9-23-17(22)13-7-6-12(18)8-15(13)20/h6-8,10-11,14,20H,3-5,9H2,1-2H3,(H,19,21)/t10-,11+,14-/m0/s1. The molecule has 2 rings (SSSR count). The van der Waals surface area contributed by atoms with E-state index in [2.05, 4.69) is 19.2 Å². The van der Waals surface area contributed by atoms with E-state index in [4.69, 9.17) is 16.3 Å². The number of phenols is 1. The average Bonchev–Trinajstić information content (AvgIpc) is 2.49. The number of ether oxygens (including phenoxy) is 1. The number of esters is 1. The lowest BCUT2D eigenvalue weighted by Crippen LogP contribution is -2.45. The van der Waals surface area contributed by atoms with Crippen LogP contribution in [0.5, 0.6) is 5.75 Å². The van der Waals surface area contributed by atoms with Crippen LogP contribution in [0.2, 0.25) is 5.02 Å². The van der Waals surface area contributed by atoms with Crippen LogP contribution < -0.4 is 5.32 Å². The molecule has 0 bridgehead atoms. The summed E-state index contributed by atoms with van der Waals surface area (Å²) < 4.78 is 4.96. The lowest BCUT2D eigenvalue weighted by molar-refractivity contribution is -0.125. The third kappa shape index (κ3) is 4.61. The van der Waals surface area contributed by atoms with E-state index < -0.39 is 5.97 Å². The number of aromatic hydroxyl groups is 1. The molecule has 0 saturated heterocycles. The zero-order chi connectivity index (χ0) is 17.0. The molecule has 1 aromatic rings. The first-order chi connectivity index (χ1) is 10.9. The highest BCUT2D eigenvalue weighted by Gasteiger charge is 2.28. The number of carbonyl (C=O) groups excluding carboxylic acids is 2. The minimum atomic E-state index is -0.751. The molecule has 6 heteroatoms. The van der Waals surface area contributed by atoms with Crippen LogP contribution in [0.1, 0.15) is 43.5 Å². The Hall–Kier alpha value is -1.75. The van der Waals surface area contributed by atoms with Gasteiger partial charge in [0.2, 0.25) is 0 Å². The van der Waals surface area contributed by atoms with E-state index in [0.29, 0.717) is 16.9 Å². The summed E-state index contributed by atoms with van der Waals surface area (Å²) in [5.74, 6) is -0.360. The predicted octanol–water partition coefficient (Wildman–Crippen LogP) is 3.14. The van der Waals surface area contributed by atoms with Gasteiger partial charge in [0.25, 0.3) is 5.91 Å². The number of amides is 1. The van der Waals surface area contributed by atoms with E-state index >= 15 is 0 Å². The van der Waals surface area contributed by atoms with Crippen molar-refractivity contribution in [2.24, 2.45) is 11.8 Å². The molecule has 126 valence electrons. The average molecular weight is 340 g/mol. The predicted molar refractivity (Wildman–Crippen MR) is 87.5 cm³/mol. The highest BCUT2D eigenvalue weighted by molar-refractivity contribution is 6.30. The number of carbonyl (C=O) groups is 2. The Labute approximate surface area is 141 Å². The van der Waals surface area contributed by atoms with Gasteiger partial charge in [0.15, 0.2) is 6.61 Å². The molecule has 1 aliphatic carbocycles. The van der Waals surface area contributed by atoms with Gasteiger partial charge in [-0.3, -0.25) is 4.79 Å². The molecule has 23 heavy (non-hydrogen) atoms. The zero-order valence-corrected chi connectivity index (χ0v) is 14.1. The summed E-state index contributed by atoms with van der Waals surface area (Å²) in [5, 5.41) is 12.9. The van der Waals surface area contributed by atoms with E-state index in [-0.39, 0.29) is 29.9 Å². The molecule has 0 aliphatic heterocycles. The Balaban J connectivity index is 1.85. The quantitative estimate of drug-likeness (QED) is 0.826. The number of halogens is 1. The fraction of sp³-hybridized carbons (Fsp3) is 0.529. The molecule has 1 aromatic carbocycles. The summed E-state index contributed by atoms with van der Waals surface area (Å²) >= 11 is 5.71. The third-order valence-electron chi connectivity index (χ3n) is 4.57. The van der Waals surface area contributed by atoms with Crippen molar-refractivity contribution in [3.05, 3.63) is 28.8 Å². The van der Waals surface area contributed by atoms with Gasteiger partial charge in [-0.25, -0.2) is 4.79 Å². The molecule has 0 spiro atoms. The minimum absolute atomic E-state index is 0.0122. The summed E-state index contributed by atoms with van der Waals surface area (Å²) in [6.07, 6.45) is 3.22. The third-order valence-corrected chi connectivity index (χ3v) is 4.80. The van der Waals surface area contributed by atoms with Gasteiger partial charge in [-0.05, 0) is 36.5 Å². The lowest BCUT2D eigenvalue weighted by Gasteiger charge is -2.34. The molecule has 0 aromatic heterocycles. The van der Waals surface area contributed by atoms with Crippen LogP contribution in [0.3, 0.4) is 0 Å². The maximum Gasteiger partial charge on any atom is 0.342 e. The molecule has 1 aliphatic rings. The van der Waals surface area contributed by atoms with Crippen molar-refractivity contribution in [3.63, 3.8) is 0 Å². The van der Waals surface area contributed by atoms with Gasteiger partial charge in [0.1, 0.15) is 11.3 Å². The Kier molecular flexibility index (Phi) is 5.88. The van der Waals surface area contributed by atoms with Crippen molar-refractivity contribution in [1.29, 1.82) is 0 Å². The fourth-order valence-electron chi connectivity index (χ4n) is 2.92.